The van der Waals surface area contributed by atoms with Gasteiger partial charge in [0.25, 0.3) is 0 Å². The Morgan fingerprint density at radius 1 is 1.37 bits per heavy atom. The Morgan fingerprint density at radius 3 is 2.74 bits per heavy atom. The standard InChI is InChI=1S/C14H20N2O3/c17-10-14(5-2-1-3-6-14)9-16-12-8-11(13(18)19)4-7-15-12/h4,7-8,17H,1-3,5-6,9-10H2,(H,15,16)(H,18,19). The number of aliphatic hydroxyl groups is 1. The van der Waals surface area contributed by atoms with Gasteiger partial charge in [-0.3, -0.25) is 0 Å². The van der Waals surface area contributed by atoms with Crippen molar-refractivity contribution in [2.45, 2.75) is 32.1 Å². The van der Waals surface area contributed by atoms with Gasteiger partial charge in [-0.15, -0.1) is 0 Å². The summed E-state index contributed by atoms with van der Waals surface area (Å²) in [4.78, 5) is 15.0. The SMILES string of the molecule is O=C(O)c1ccnc(NCC2(CO)CCCCC2)c1. The summed E-state index contributed by atoms with van der Waals surface area (Å²) in [5.74, 6) is -0.404. The second kappa shape index (κ2) is 6.02. The lowest BCUT2D eigenvalue weighted by atomic mass is 9.74. The van der Waals surface area contributed by atoms with E-state index in [1.165, 1.54) is 24.8 Å². The number of nitrogens with one attached hydrogen (secondary N) is 1. The molecular weight excluding hydrogens is 244 g/mol. The van der Waals surface area contributed by atoms with Gasteiger partial charge >= 0.3 is 5.97 Å². The monoisotopic (exact) mass is 264 g/mol. The minimum atomic E-state index is -0.958. The van der Waals surface area contributed by atoms with Crippen molar-refractivity contribution in [1.29, 1.82) is 0 Å². The molecule has 0 amide bonds. The normalized spacial score (nSPS) is 17.9. The fourth-order valence-corrected chi connectivity index (χ4v) is 2.63. The highest BCUT2D eigenvalue weighted by molar-refractivity contribution is 5.88. The van der Waals surface area contributed by atoms with E-state index < -0.39 is 5.97 Å². The van der Waals surface area contributed by atoms with Gasteiger partial charge in [-0.2, -0.15) is 0 Å². The predicted octanol–water partition coefficient (Wildman–Crippen LogP) is 2.13. The van der Waals surface area contributed by atoms with Crippen molar-refractivity contribution in [2.75, 3.05) is 18.5 Å². The smallest absolute Gasteiger partial charge is 0.335 e. The fourth-order valence-electron chi connectivity index (χ4n) is 2.63. The molecule has 3 N–H and O–H groups in total. The largest absolute Gasteiger partial charge is 0.478 e. The van der Waals surface area contributed by atoms with Crippen LogP contribution in [0, 0.1) is 5.41 Å². The van der Waals surface area contributed by atoms with Gasteiger partial charge in [0.15, 0.2) is 0 Å². The summed E-state index contributed by atoms with van der Waals surface area (Å²) in [6.07, 6.45) is 7.02. The molecule has 0 bridgehead atoms. The summed E-state index contributed by atoms with van der Waals surface area (Å²) in [5, 5.41) is 21.7. The molecule has 1 fully saturated rings. The number of hydrogen-bond acceptors (Lipinski definition) is 4. The van der Waals surface area contributed by atoms with E-state index in [1.807, 2.05) is 0 Å². The van der Waals surface area contributed by atoms with Crippen molar-refractivity contribution < 1.29 is 15.0 Å². The maximum Gasteiger partial charge on any atom is 0.335 e. The zero-order valence-electron chi connectivity index (χ0n) is 10.9. The number of anilines is 1. The van der Waals surface area contributed by atoms with E-state index in [0.717, 1.165) is 25.7 Å². The number of hydrogen-bond donors (Lipinski definition) is 3. The average Bonchev–Trinajstić information content (AvgIpc) is 2.46. The summed E-state index contributed by atoms with van der Waals surface area (Å²) >= 11 is 0. The number of rotatable bonds is 5. The van der Waals surface area contributed by atoms with Crippen LogP contribution >= 0.6 is 0 Å². The van der Waals surface area contributed by atoms with Gasteiger partial charge in [0, 0.05) is 18.2 Å². The molecule has 0 unspecified atom stereocenters. The molecule has 0 spiro atoms. The molecule has 5 nitrogen and oxygen atoms in total. The van der Waals surface area contributed by atoms with E-state index in [2.05, 4.69) is 10.3 Å². The van der Waals surface area contributed by atoms with Crippen molar-refractivity contribution in [1.82, 2.24) is 4.98 Å². The Kier molecular flexibility index (Phi) is 4.37. The van der Waals surface area contributed by atoms with Gasteiger partial charge in [0.2, 0.25) is 0 Å². The summed E-state index contributed by atoms with van der Waals surface area (Å²) < 4.78 is 0. The molecule has 1 aliphatic carbocycles. The van der Waals surface area contributed by atoms with Crippen LogP contribution in [0.1, 0.15) is 42.5 Å². The van der Waals surface area contributed by atoms with Crippen molar-refractivity contribution in [3.8, 4) is 0 Å². The maximum atomic E-state index is 10.9. The quantitative estimate of drug-likeness (QED) is 0.759. The van der Waals surface area contributed by atoms with Crippen LogP contribution in [0.25, 0.3) is 0 Å². The Hall–Kier alpha value is -1.62. The molecule has 1 heterocycles. The highest BCUT2D eigenvalue weighted by Gasteiger charge is 2.31. The number of pyridine rings is 1. The Bertz CT molecular complexity index is 442. The summed E-state index contributed by atoms with van der Waals surface area (Å²) in [6, 6.07) is 2.99. The Balaban J connectivity index is 2.00. The molecule has 1 saturated carbocycles. The van der Waals surface area contributed by atoms with Crippen molar-refractivity contribution in [2.24, 2.45) is 5.41 Å². The minimum absolute atomic E-state index is 0.0842. The first-order valence-electron chi connectivity index (χ1n) is 6.69. The van der Waals surface area contributed by atoms with Gasteiger partial charge in [-0.25, -0.2) is 9.78 Å². The van der Waals surface area contributed by atoms with Crippen LogP contribution in [-0.4, -0.2) is 34.3 Å². The zero-order valence-corrected chi connectivity index (χ0v) is 10.9. The molecule has 5 heteroatoms. The van der Waals surface area contributed by atoms with E-state index in [9.17, 15) is 9.90 Å². The van der Waals surface area contributed by atoms with Gasteiger partial charge in [-0.05, 0) is 25.0 Å². The van der Waals surface area contributed by atoms with E-state index in [1.54, 1.807) is 0 Å². The molecule has 0 aliphatic heterocycles. The second-order valence-electron chi connectivity index (χ2n) is 5.31. The first kappa shape index (κ1) is 13.8. The Labute approximate surface area is 112 Å². The van der Waals surface area contributed by atoms with Gasteiger partial charge in [-0.1, -0.05) is 19.3 Å². The van der Waals surface area contributed by atoms with E-state index in [0.29, 0.717) is 12.4 Å². The minimum Gasteiger partial charge on any atom is -0.478 e. The van der Waals surface area contributed by atoms with Crippen LogP contribution in [-0.2, 0) is 0 Å². The number of aromatic nitrogens is 1. The van der Waals surface area contributed by atoms with Crippen LogP contribution < -0.4 is 5.32 Å². The first-order chi connectivity index (χ1) is 9.15. The Morgan fingerprint density at radius 2 is 2.11 bits per heavy atom. The molecule has 104 valence electrons. The molecule has 0 atom stereocenters. The first-order valence-corrected chi connectivity index (χ1v) is 6.69. The lowest BCUT2D eigenvalue weighted by Crippen LogP contribution is -2.35. The van der Waals surface area contributed by atoms with Crippen molar-refractivity contribution in [3.63, 3.8) is 0 Å². The van der Waals surface area contributed by atoms with E-state index >= 15 is 0 Å². The summed E-state index contributed by atoms with van der Waals surface area (Å²) in [5.41, 5.74) is 0.137. The summed E-state index contributed by atoms with van der Waals surface area (Å²) in [7, 11) is 0. The topological polar surface area (TPSA) is 82.5 Å². The van der Waals surface area contributed by atoms with Gasteiger partial charge in [0.1, 0.15) is 5.82 Å². The molecule has 19 heavy (non-hydrogen) atoms. The van der Waals surface area contributed by atoms with Gasteiger partial charge in [0.05, 0.1) is 12.2 Å². The average molecular weight is 264 g/mol. The maximum absolute atomic E-state index is 10.9. The molecular formula is C14H20N2O3. The zero-order chi connectivity index (χ0) is 13.7. The van der Waals surface area contributed by atoms with Crippen molar-refractivity contribution in [3.05, 3.63) is 23.9 Å². The molecule has 0 aromatic carbocycles. The fraction of sp³-hybridized carbons (Fsp3) is 0.571. The predicted molar refractivity (Wildman–Crippen MR) is 72.3 cm³/mol. The number of carbonyl (C=O) groups is 1. The third-order valence-electron chi connectivity index (χ3n) is 3.90. The second-order valence-corrected chi connectivity index (χ2v) is 5.31. The molecule has 1 aliphatic rings. The number of carboxylic acids is 1. The van der Waals surface area contributed by atoms with Crippen LogP contribution in [0.3, 0.4) is 0 Å². The van der Waals surface area contributed by atoms with Crippen LogP contribution in [0.4, 0.5) is 5.82 Å². The van der Waals surface area contributed by atoms with Crippen molar-refractivity contribution >= 4 is 11.8 Å². The summed E-state index contributed by atoms with van der Waals surface area (Å²) in [6.45, 7) is 0.804. The number of aromatic carboxylic acids is 1. The lowest BCUT2D eigenvalue weighted by Gasteiger charge is -2.35. The van der Waals surface area contributed by atoms with Crippen LogP contribution in [0.5, 0.6) is 0 Å². The van der Waals surface area contributed by atoms with Gasteiger partial charge < -0.3 is 15.5 Å². The highest BCUT2D eigenvalue weighted by Crippen LogP contribution is 2.35. The lowest BCUT2D eigenvalue weighted by molar-refractivity contribution is 0.0696. The molecule has 1 aromatic heterocycles. The molecule has 0 saturated heterocycles. The highest BCUT2D eigenvalue weighted by atomic mass is 16.4. The molecule has 0 radical (unpaired) electrons. The van der Waals surface area contributed by atoms with Crippen LogP contribution in [0.15, 0.2) is 18.3 Å². The van der Waals surface area contributed by atoms with E-state index in [-0.39, 0.29) is 17.6 Å². The number of carboxylic acid groups (broad SMARTS) is 1. The van der Waals surface area contributed by atoms with Crippen LogP contribution in [0.2, 0.25) is 0 Å². The van der Waals surface area contributed by atoms with E-state index in [4.69, 9.17) is 5.11 Å². The third kappa shape index (κ3) is 3.44. The number of nitrogens with zero attached hydrogens (tertiary/aromatic N) is 1. The third-order valence-corrected chi connectivity index (χ3v) is 3.90. The molecule has 1 aromatic rings. The molecule has 2 rings (SSSR count). The number of aliphatic hydroxyl groups excluding tert-OH is 1.